The van der Waals surface area contributed by atoms with Gasteiger partial charge in [0.1, 0.15) is 12.4 Å². The summed E-state index contributed by atoms with van der Waals surface area (Å²) in [5.74, 6) is 1.32. The molecule has 1 aromatic heterocycles. The van der Waals surface area contributed by atoms with E-state index in [1.165, 1.54) is 0 Å². The van der Waals surface area contributed by atoms with E-state index in [1.54, 1.807) is 6.20 Å². The zero-order chi connectivity index (χ0) is 15.2. The molecule has 0 aliphatic carbocycles. The molecule has 0 aromatic carbocycles. The first-order valence-electron chi connectivity index (χ1n) is 6.66. The van der Waals surface area contributed by atoms with Crippen LogP contribution in [0, 0.1) is 12.8 Å². The quantitative estimate of drug-likeness (QED) is 0.749. The maximum absolute atomic E-state index is 12.0. The summed E-state index contributed by atoms with van der Waals surface area (Å²) in [5, 5.41) is 3.29. The third kappa shape index (κ3) is 6.38. The van der Waals surface area contributed by atoms with E-state index in [0.29, 0.717) is 19.0 Å². The average Bonchev–Trinajstić information content (AvgIpc) is 2.65. The standard InChI is InChI=1S/C13H22F3N3O/c1-10(2)6-17-7-12-8-18-11(3)19(12)4-5-20-9-13(14,15)16/h8,10,17H,4-7,9H2,1-3H3. The molecule has 0 amide bonds. The number of nitrogens with one attached hydrogen (secondary N) is 1. The van der Waals surface area contributed by atoms with Gasteiger partial charge in [0.15, 0.2) is 0 Å². The predicted molar refractivity (Wildman–Crippen MR) is 70.4 cm³/mol. The molecule has 0 spiro atoms. The fourth-order valence-electron chi connectivity index (χ4n) is 1.79. The number of alkyl halides is 3. The molecule has 1 heterocycles. The highest BCUT2D eigenvalue weighted by molar-refractivity contribution is 5.04. The van der Waals surface area contributed by atoms with Crippen LogP contribution in [0.15, 0.2) is 6.20 Å². The normalized spacial score (nSPS) is 12.3. The van der Waals surface area contributed by atoms with Crippen molar-refractivity contribution < 1.29 is 17.9 Å². The number of aryl methyl sites for hydroxylation is 1. The van der Waals surface area contributed by atoms with Gasteiger partial charge in [-0.2, -0.15) is 13.2 Å². The SMILES string of the molecule is Cc1ncc(CNCC(C)C)n1CCOCC(F)(F)F. The van der Waals surface area contributed by atoms with Crippen molar-refractivity contribution in [2.24, 2.45) is 5.92 Å². The van der Waals surface area contributed by atoms with E-state index < -0.39 is 12.8 Å². The molecule has 0 saturated carbocycles. The zero-order valence-corrected chi connectivity index (χ0v) is 12.1. The van der Waals surface area contributed by atoms with Crippen LogP contribution in [-0.2, 0) is 17.8 Å². The monoisotopic (exact) mass is 293 g/mol. The van der Waals surface area contributed by atoms with E-state index in [-0.39, 0.29) is 6.61 Å². The van der Waals surface area contributed by atoms with Crippen LogP contribution in [0.1, 0.15) is 25.4 Å². The van der Waals surface area contributed by atoms with Crippen molar-refractivity contribution in [3.8, 4) is 0 Å². The van der Waals surface area contributed by atoms with Crippen molar-refractivity contribution in [3.05, 3.63) is 17.7 Å². The van der Waals surface area contributed by atoms with E-state index in [9.17, 15) is 13.2 Å². The van der Waals surface area contributed by atoms with E-state index in [0.717, 1.165) is 18.1 Å². The molecule has 7 heteroatoms. The van der Waals surface area contributed by atoms with Gasteiger partial charge in [0.25, 0.3) is 0 Å². The van der Waals surface area contributed by atoms with Crippen molar-refractivity contribution in [3.63, 3.8) is 0 Å². The van der Waals surface area contributed by atoms with E-state index >= 15 is 0 Å². The van der Waals surface area contributed by atoms with Gasteiger partial charge in [-0.25, -0.2) is 4.98 Å². The first-order valence-corrected chi connectivity index (χ1v) is 6.66. The number of halogens is 3. The molecule has 116 valence electrons. The van der Waals surface area contributed by atoms with Gasteiger partial charge < -0.3 is 14.6 Å². The van der Waals surface area contributed by atoms with E-state index in [1.807, 2.05) is 11.5 Å². The maximum Gasteiger partial charge on any atom is 0.411 e. The van der Waals surface area contributed by atoms with Crippen LogP contribution < -0.4 is 5.32 Å². The highest BCUT2D eigenvalue weighted by Crippen LogP contribution is 2.14. The van der Waals surface area contributed by atoms with E-state index in [2.05, 4.69) is 28.9 Å². The van der Waals surface area contributed by atoms with Crippen LogP contribution in [0.3, 0.4) is 0 Å². The van der Waals surface area contributed by atoms with Crippen molar-refractivity contribution in [2.75, 3.05) is 19.8 Å². The molecule has 1 N–H and O–H groups in total. The average molecular weight is 293 g/mol. The number of ether oxygens (including phenoxy) is 1. The van der Waals surface area contributed by atoms with Crippen molar-refractivity contribution in [1.82, 2.24) is 14.9 Å². The second-order valence-electron chi connectivity index (χ2n) is 5.14. The molecule has 0 radical (unpaired) electrons. The molecule has 0 aliphatic rings. The molecule has 0 saturated heterocycles. The Balaban J connectivity index is 2.42. The number of hydrogen-bond donors (Lipinski definition) is 1. The van der Waals surface area contributed by atoms with Gasteiger partial charge >= 0.3 is 6.18 Å². The second-order valence-corrected chi connectivity index (χ2v) is 5.14. The Kier molecular flexibility index (Phi) is 6.48. The van der Waals surface area contributed by atoms with Crippen LogP contribution in [0.5, 0.6) is 0 Å². The third-order valence-electron chi connectivity index (χ3n) is 2.72. The number of aromatic nitrogens is 2. The minimum Gasteiger partial charge on any atom is -0.370 e. The topological polar surface area (TPSA) is 39.1 Å². The first kappa shape index (κ1) is 17.0. The van der Waals surface area contributed by atoms with Crippen LogP contribution in [0.25, 0.3) is 0 Å². The van der Waals surface area contributed by atoms with Crippen LogP contribution in [-0.4, -0.2) is 35.5 Å². The molecule has 1 aromatic rings. The Hall–Kier alpha value is -1.08. The second kappa shape index (κ2) is 7.64. The summed E-state index contributed by atoms with van der Waals surface area (Å²) in [5.41, 5.74) is 0.957. The minimum absolute atomic E-state index is 0.0217. The molecule has 0 fully saturated rings. The van der Waals surface area contributed by atoms with Crippen molar-refractivity contribution in [2.45, 2.75) is 40.0 Å². The van der Waals surface area contributed by atoms with Gasteiger partial charge in [-0.15, -0.1) is 0 Å². The summed E-state index contributed by atoms with van der Waals surface area (Å²) in [6.45, 7) is 6.78. The largest absolute Gasteiger partial charge is 0.411 e. The molecule has 20 heavy (non-hydrogen) atoms. The van der Waals surface area contributed by atoms with Crippen molar-refractivity contribution in [1.29, 1.82) is 0 Å². The minimum atomic E-state index is -4.27. The molecule has 0 bridgehead atoms. The Morgan fingerprint density at radius 3 is 2.70 bits per heavy atom. The molecular formula is C13H22F3N3O. The summed E-state index contributed by atoms with van der Waals surface area (Å²) in [4.78, 5) is 4.19. The molecule has 4 nitrogen and oxygen atoms in total. The van der Waals surface area contributed by atoms with Crippen molar-refractivity contribution >= 4 is 0 Å². The van der Waals surface area contributed by atoms with Crippen LogP contribution in [0.4, 0.5) is 13.2 Å². The molecule has 0 atom stereocenters. The fraction of sp³-hybridized carbons (Fsp3) is 0.769. The molecule has 1 rings (SSSR count). The molecule has 0 aliphatic heterocycles. The smallest absolute Gasteiger partial charge is 0.370 e. The fourth-order valence-corrected chi connectivity index (χ4v) is 1.79. The lowest BCUT2D eigenvalue weighted by molar-refractivity contribution is -0.174. The molecule has 0 unspecified atom stereocenters. The lowest BCUT2D eigenvalue weighted by atomic mass is 10.2. The van der Waals surface area contributed by atoms with E-state index in [4.69, 9.17) is 0 Å². The lowest BCUT2D eigenvalue weighted by Crippen LogP contribution is -2.23. The van der Waals surface area contributed by atoms with Gasteiger partial charge in [0.2, 0.25) is 0 Å². The van der Waals surface area contributed by atoms with Gasteiger partial charge in [0, 0.05) is 19.3 Å². The number of rotatable bonds is 8. The summed E-state index contributed by atoms with van der Waals surface area (Å²) in [6.07, 6.45) is -2.53. The Bertz CT molecular complexity index is 402. The van der Waals surface area contributed by atoms with Gasteiger partial charge in [-0.05, 0) is 19.4 Å². The highest BCUT2D eigenvalue weighted by atomic mass is 19.4. The zero-order valence-electron chi connectivity index (χ0n) is 12.1. The van der Waals surface area contributed by atoms with Gasteiger partial charge in [-0.3, -0.25) is 0 Å². The number of imidazole rings is 1. The maximum atomic E-state index is 12.0. The summed E-state index contributed by atoms with van der Waals surface area (Å²) in [6, 6.07) is 0. The third-order valence-corrected chi connectivity index (χ3v) is 2.72. The first-order chi connectivity index (χ1) is 9.29. The van der Waals surface area contributed by atoms with Gasteiger partial charge in [0.05, 0.1) is 12.3 Å². The predicted octanol–water partition coefficient (Wildman–Crippen LogP) is 2.52. The number of nitrogens with zero attached hydrogens (tertiary/aromatic N) is 2. The Labute approximate surface area is 117 Å². The number of hydrogen-bond acceptors (Lipinski definition) is 3. The molecular weight excluding hydrogens is 271 g/mol. The summed E-state index contributed by atoms with van der Waals surface area (Å²) in [7, 11) is 0. The summed E-state index contributed by atoms with van der Waals surface area (Å²) >= 11 is 0. The summed E-state index contributed by atoms with van der Waals surface area (Å²) < 4.78 is 42.4. The van der Waals surface area contributed by atoms with Crippen LogP contribution in [0.2, 0.25) is 0 Å². The Morgan fingerprint density at radius 1 is 1.40 bits per heavy atom. The highest BCUT2D eigenvalue weighted by Gasteiger charge is 2.27. The Morgan fingerprint density at radius 2 is 2.10 bits per heavy atom. The van der Waals surface area contributed by atoms with Gasteiger partial charge in [-0.1, -0.05) is 13.8 Å². The lowest BCUT2D eigenvalue weighted by Gasteiger charge is -2.13. The van der Waals surface area contributed by atoms with Crippen LogP contribution >= 0.6 is 0 Å².